The van der Waals surface area contributed by atoms with Crippen molar-refractivity contribution in [2.45, 2.75) is 25.5 Å². The van der Waals surface area contributed by atoms with Crippen LogP contribution in [0.25, 0.3) is 6.08 Å². The number of ether oxygens (including phenoxy) is 2. The number of piperidine rings is 1. The fourth-order valence-electron chi connectivity index (χ4n) is 4.00. The number of benzene rings is 2. The molecule has 2 heterocycles. The lowest BCUT2D eigenvalue weighted by Gasteiger charge is -2.37. The molecular weight excluding hydrogens is 417 g/mol. The summed E-state index contributed by atoms with van der Waals surface area (Å²) in [7, 11) is 1.51. The number of hydrogen-bond donors (Lipinski definition) is 2. The minimum absolute atomic E-state index is 0.169. The van der Waals surface area contributed by atoms with Crippen molar-refractivity contribution < 1.29 is 28.7 Å². The molecule has 2 aliphatic rings. The zero-order valence-corrected chi connectivity index (χ0v) is 17.8. The summed E-state index contributed by atoms with van der Waals surface area (Å²) in [6.45, 7) is 2.40. The van der Waals surface area contributed by atoms with Crippen molar-refractivity contribution in [1.29, 1.82) is 0 Å². The molecule has 32 heavy (non-hydrogen) atoms. The Morgan fingerprint density at radius 3 is 2.81 bits per heavy atom. The van der Waals surface area contributed by atoms with Crippen LogP contribution in [0.2, 0.25) is 0 Å². The molecule has 0 spiro atoms. The Balaban J connectivity index is 1.73. The fraction of sp³-hybridized carbons (Fsp3) is 0.304. The number of amidine groups is 1. The lowest BCUT2D eigenvalue weighted by atomic mass is 9.94. The van der Waals surface area contributed by atoms with Crippen LogP contribution in [0.4, 0.5) is 10.1 Å². The Bertz CT molecular complexity index is 1070. The van der Waals surface area contributed by atoms with Gasteiger partial charge < -0.3 is 19.2 Å². The van der Waals surface area contributed by atoms with Gasteiger partial charge in [-0.1, -0.05) is 11.2 Å². The molecule has 1 saturated heterocycles. The maximum Gasteiger partial charge on any atom is 0.380 e. The number of anilines is 1. The number of oxime groups is 1. The highest BCUT2D eigenvalue weighted by Crippen LogP contribution is 2.41. The van der Waals surface area contributed by atoms with Crippen LogP contribution in [0.3, 0.4) is 0 Å². The molecule has 9 heteroatoms. The van der Waals surface area contributed by atoms with E-state index in [1.165, 1.54) is 31.4 Å². The van der Waals surface area contributed by atoms with Crippen LogP contribution >= 0.6 is 0 Å². The predicted octanol–water partition coefficient (Wildman–Crippen LogP) is 3.87. The summed E-state index contributed by atoms with van der Waals surface area (Å²) in [6.07, 6.45) is 3.41. The number of rotatable bonds is 6. The van der Waals surface area contributed by atoms with E-state index in [0.717, 1.165) is 24.0 Å². The Kier molecular flexibility index (Phi) is 6.00. The first kappa shape index (κ1) is 21.6. The van der Waals surface area contributed by atoms with Crippen LogP contribution < -0.4 is 10.2 Å². The summed E-state index contributed by atoms with van der Waals surface area (Å²) in [4.78, 5) is 20.7. The zero-order valence-electron chi connectivity index (χ0n) is 17.8. The highest BCUT2D eigenvalue weighted by Gasteiger charge is 2.57. The van der Waals surface area contributed by atoms with Crippen LogP contribution in [0.15, 0.2) is 53.2 Å². The molecule has 4 rings (SSSR count). The van der Waals surface area contributed by atoms with E-state index in [0.29, 0.717) is 29.4 Å². The molecule has 0 saturated carbocycles. The van der Waals surface area contributed by atoms with Crippen LogP contribution in [0, 0.1) is 5.82 Å². The molecule has 0 aliphatic carbocycles. The van der Waals surface area contributed by atoms with Crippen LogP contribution in [0.1, 0.15) is 30.9 Å². The van der Waals surface area contributed by atoms with E-state index in [1.54, 1.807) is 24.0 Å². The molecular formula is C23H24FN3O5. The van der Waals surface area contributed by atoms with Crippen molar-refractivity contribution in [2.75, 3.05) is 25.7 Å². The van der Waals surface area contributed by atoms with Crippen LogP contribution in [0.5, 0.6) is 5.75 Å². The molecule has 2 aromatic rings. The molecule has 0 bridgehead atoms. The smallest absolute Gasteiger partial charge is 0.380 e. The van der Waals surface area contributed by atoms with Gasteiger partial charge in [0, 0.05) is 12.1 Å². The first-order valence-corrected chi connectivity index (χ1v) is 10.3. The molecule has 168 valence electrons. The third kappa shape index (κ3) is 3.64. The van der Waals surface area contributed by atoms with Crippen molar-refractivity contribution in [1.82, 2.24) is 4.90 Å². The quantitative estimate of drug-likeness (QED) is 0.519. The van der Waals surface area contributed by atoms with Gasteiger partial charge in [0.05, 0.1) is 13.7 Å². The summed E-state index contributed by atoms with van der Waals surface area (Å²) >= 11 is 0. The predicted molar refractivity (Wildman–Crippen MR) is 116 cm³/mol. The van der Waals surface area contributed by atoms with Gasteiger partial charge in [-0.3, -0.25) is 10.7 Å². The summed E-state index contributed by atoms with van der Waals surface area (Å²) in [5.74, 6) is -0.0178. The topological polar surface area (TPSA) is 92.6 Å². The Labute approximate surface area is 184 Å². The lowest BCUT2D eigenvalue weighted by Crippen LogP contribution is -2.54. The van der Waals surface area contributed by atoms with Crippen molar-refractivity contribution in [3.63, 3.8) is 0 Å². The first-order chi connectivity index (χ1) is 15.5. The molecule has 1 unspecified atom stereocenters. The molecule has 2 N–H and O–H groups in total. The third-order valence-corrected chi connectivity index (χ3v) is 5.49. The molecule has 0 amide bonds. The maximum absolute atomic E-state index is 13.6. The number of nitrogens with one attached hydrogen (secondary N) is 1. The molecule has 0 radical (unpaired) electrons. The van der Waals surface area contributed by atoms with E-state index in [9.17, 15) is 14.4 Å². The monoisotopic (exact) mass is 441 g/mol. The summed E-state index contributed by atoms with van der Waals surface area (Å²) in [6, 6.07) is 10.9. The number of hydrogen-bond acceptors (Lipinski definition) is 8. The Morgan fingerprint density at radius 1 is 1.34 bits per heavy atom. The number of fused-ring (bicyclic) bond motifs is 1. The molecule has 2 aromatic carbocycles. The SMILES string of the molecule is CCOC(=O)C1(c2ccc(F)cc2)ON=C2/C(=C/c3ccc(NO)c(OC)c3)CCCN21. The minimum atomic E-state index is -1.61. The highest BCUT2D eigenvalue weighted by atomic mass is 19.1. The second-order valence-electron chi connectivity index (χ2n) is 7.37. The number of methoxy groups -OCH3 is 1. The number of carbonyl (C=O) groups is 1. The van der Waals surface area contributed by atoms with Crippen LogP contribution in [-0.4, -0.2) is 42.2 Å². The molecule has 1 atom stereocenters. The van der Waals surface area contributed by atoms with Gasteiger partial charge in [0.2, 0.25) is 0 Å². The van der Waals surface area contributed by atoms with Gasteiger partial charge in [0.1, 0.15) is 17.3 Å². The van der Waals surface area contributed by atoms with Gasteiger partial charge in [0.25, 0.3) is 0 Å². The Hall–Kier alpha value is -3.59. The second kappa shape index (κ2) is 8.88. The van der Waals surface area contributed by atoms with Gasteiger partial charge in [-0.05, 0) is 73.4 Å². The number of nitrogens with zero attached hydrogens (tertiary/aromatic N) is 2. The minimum Gasteiger partial charge on any atom is -0.494 e. The van der Waals surface area contributed by atoms with Crippen molar-refractivity contribution in [3.8, 4) is 5.75 Å². The van der Waals surface area contributed by atoms with Crippen molar-refractivity contribution >= 4 is 23.6 Å². The normalized spacial score (nSPS) is 20.9. The average Bonchev–Trinajstić information content (AvgIpc) is 3.21. The van der Waals surface area contributed by atoms with E-state index >= 15 is 0 Å². The largest absolute Gasteiger partial charge is 0.494 e. The van der Waals surface area contributed by atoms with E-state index < -0.39 is 17.5 Å². The van der Waals surface area contributed by atoms with Gasteiger partial charge in [-0.2, -0.15) is 0 Å². The van der Waals surface area contributed by atoms with E-state index in [-0.39, 0.29) is 6.61 Å². The summed E-state index contributed by atoms with van der Waals surface area (Å²) < 4.78 is 24.2. The molecule has 8 nitrogen and oxygen atoms in total. The lowest BCUT2D eigenvalue weighted by molar-refractivity contribution is -0.189. The average molecular weight is 441 g/mol. The maximum atomic E-state index is 13.6. The van der Waals surface area contributed by atoms with Crippen LogP contribution in [-0.2, 0) is 20.1 Å². The van der Waals surface area contributed by atoms with Gasteiger partial charge in [-0.25, -0.2) is 9.18 Å². The number of esters is 1. The molecule has 1 fully saturated rings. The zero-order chi connectivity index (χ0) is 22.7. The number of halogens is 1. The second-order valence-corrected chi connectivity index (χ2v) is 7.37. The highest BCUT2D eigenvalue weighted by molar-refractivity contribution is 6.06. The van der Waals surface area contributed by atoms with E-state index in [1.807, 2.05) is 12.1 Å². The van der Waals surface area contributed by atoms with Gasteiger partial charge in [0.15, 0.2) is 5.84 Å². The first-order valence-electron chi connectivity index (χ1n) is 10.3. The van der Waals surface area contributed by atoms with Gasteiger partial charge >= 0.3 is 11.7 Å². The number of carbonyl (C=O) groups excluding carboxylic acids is 1. The standard InChI is InChI=1S/C23H24FN3O5/c1-3-31-22(28)23(17-7-9-18(24)10-8-17)27-12-4-5-16(21(27)26-32-23)13-15-6-11-19(25-29)20(14-15)30-2/h6-11,13-14,25,29H,3-5,12H2,1-2H3/b16-13+. The summed E-state index contributed by atoms with van der Waals surface area (Å²) in [5, 5.41) is 13.5. The molecule has 2 aliphatic heterocycles. The van der Waals surface area contributed by atoms with E-state index in [2.05, 4.69) is 10.6 Å². The summed E-state index contributed by atoms with van der Waals surface area (Å²) in [5.41, 5.74) is 3.07. The van der Waals surface area contributed by atoms with Crippen molar-refractivity contribution in [2.24, 2.45) is 5.16 Å². The fourth-order valence-corrected chi connectivity index (χ4v) is 4.00. The Morgan fingerprint density at radius 2 is 2.12 bits per heavy atom. The van der Waals surface area contributed by atoms with Gasteiger partial charge in [-0.15, -0.1) is 0 Å². The molecule has 0 aromatic heterocycles. The third-order valence-electron chi connectivity index (χ3n) is 5.49. The van der Waals surface area contributed by atoms with E-state index in [4.69, 9.17) is 14.3 Å². The van der Waals surface area contributed by atoms with Crippen molar-refractivity contribution in [3.05, 3.63) is 65.0 Å².